The Bertz CT molecular complexity index is 466. The summed E-state index contributed by atoms with van der Waals surface area (Å²) in [4.78, 5) is 5.65. The fourth-order valence-electron chi connectivity index (χ4n) is 1.76. The molecule has 0 spiro atoms. The summed E-state index contributed by atoms with van der Waals surface area (Å²) in [5, 5.41) is 1.00. The van der Waals surface area contributed by atoms with Crippen molar-refractivity contribution in [2.45, 2.75) is 42.7 Å². The first-order valence-corrected chi connectivity index (χ1v) is 7.37. The Balaban J connectivity index is 2.08. The van der Waals surface area contributed by atoms with Crippen molar-refractivity contribution in [3.05, 3.63) is 53.7 Å². The maximum absolute atomic E-state index is 5.81. The molecule has 0 aliphatic heterocycles. The first-order chi connectivity index (χ1) is 9.06. The number of benzene rings is 1. The summed E-state index contributed by atoms with van der Waals surface area (Å²) >= 11 is 1.68. The van der Waals surface area contributed by atoms with Crippen molar-refractivity contribution in [3.63, 3.8) is 0 Å². The van der Waals surface area contributed by atoms with Gasteiger partial charge < -0.3 is 5.73 Å². The van der Waals surface area contributed by atoms with Gasteiger partial charge in [0.25, 0.3) is 0 Å². The molecule has 0 fully saturated rings. The van der Waals surface area contributed by atoms with Crippen molar-refractivity contribution in [2.75, 3.05) is 0 Å². The molecule has 0 unspecified atom stereocenters. The van der Waals surface area contributed by atoms with Crippen LogP contribution >= 0.6 is 11.8 Å². The molecule has 2 nitrogen and oxygen atoms in total. The van der Waals surface area contributed by atoms with E-state index in [9.17, 15) is 0 Å². The van der Waals surface area contributed by atoms with Gasteiger partial charge in [0.15, 0.2) is 0 Å². The highest BCUT2D eigenvalue weighted by Gasteiger charge is 2.03. The third kappa shape index (κ3) is 3.82. The summed E-state index contributed by atoms with van der Waals surface area (Å²) in [5.41, 5.74) is 8.25. The highest BCUT2D eigenvalue weighted by atomic mass is 32.2. The largest absolute Gasteiger partial charge is 0.324 e. The van der Waals surface area contributed by atoms with Gasteiger partial charge in [-0.2, -0.15) is 0 Å². The minimum atomic E-state index is 0.0388. The van der Waals surface area contributed by atoms with Crippen LogP contribution in [0.5, 0.6) is 0 Å². The van der Waals surface area contributed by atoms with Crippen LogP contribution in [0.2, 0.25) is 0 Å². The molecule has 3 heteroatoms. The first-order valence-electron chi connectivity index (χ1n) is 6.55. The highest BCUT2D eigenvalue weighted by Crippen LogP contribution is 2.27. The molecule has 2 rings (SSSR count). The van der Waals surface area contributed by atoms with Crippen molar-refractivity contribution in [1.29, 1.82) is 0 Å². The van der Waals surface area contributed by atoms with E-state index in [2.05, 4.69) is 43.1 Å². The van der Waals surface area contributed by atoms with E-state index in [1.165, 1.54) is 10.5 Å². The van der Waals surface area contributed by atoms with Gasteiger partial charge in [0.05, 0.1) is 0 Å². The molecule has 2 N–H and O–H groups in total. The van der Waals surface area contributed by atoms with E-state index in [0.29, 0.717) is 5.92 Å². The van der Waals surface area contributed by atoms with Gasteiger partial charge in [0.1, 0.15) is 5.03 Å². The lowest BCUT2D eigenvalue weighted by Crippen LogP contribution is -2.04. The second-order valence-corrected chi connectivity index (χ2v) is 6.14. The molecule has 0 aliphatic carbocycles. The second kappa shape index (κ2) is 6.22. The zero-order chi connectivity index (χ0) is 13.8. The fraction of sp³-hybridized carbons (Fsp3) is 0.312. The van der Waals surface area contributed by atoms with E-state index < -0.39 is 0 Å². The van der Waals surface area contributed by atoms with Crippen LogP contribution in [0.25, 0.3) is 0 Å². The lowest BCUT2D eigenvalue weighted by molar-refractivity contribution is 0.806. The van der Waals surface area contributed by atoms with Crippen LogP contribution in [0.4, 0.5) is 0 Å². The van der Waals surface area contributed by atoms with E-state index in [1.807, 2.05) is 25.3 Å². The number of nitrogens with zero attached hydrogens (tertiary/aromatic N) is 1. The fourth-order valence-corrected chi connectivity index (χ4v) is 2.52. The van der Waals surface area contributed by atoms with Crippen LogP contribution in [0.1, 0.15) is 43.9 Å². The quantitative estimate of drug-likeness (QED) is 0.898. The summed E-state index contributed by atoms with van der Waals surface area (Å²) in [6.45, 7) is 6.38. The summed E-state index contributed by atoms with van der Waals surface area (Å²) < 4.78 is 0. The van der Waals surface area contributed by atoms with Crippen molar-refractivity contribution in [1.82, 2.24) is 4.98 Å². The summed E-state index contributed by atoms with van der Waals surface area (Å²) in [5.74, 6) is 0.572. The van der Waals surface area contributed by atoms with Crippen molar-refractivity contribution >= 4 is 11.8 Å². The van der Waals surface area contributed by atoms with Crippen LogP contribution in [0, 0.1) is 0 Å². The molecule has 1 aromatic heterocycles. The van der Waals surface area contributed by atoms with Gasteiger partial charge in [0, 0.05) is 17.1 Å². The molecule has 0 amide bonds. The first kappa shape index (κ1) is 14.1. The predicted octanol–water partition coefficient (Wildman–Crippen LogP) is 4.38. The molecule has 1 atom stereocenters. The molecule has 1 heterocycles. The Hall–Kier alpha value is -1.32. The number of aromatic nitrogens is 1. The van der Waals surface area contributed by atoms with Crippen LogP contribution in [-0.4, -0.2) is 4.98 Å². The van der Waals surface area contributed by atoms with Crippen LogP contribution in [-0.2, 0) is 0 Å². The van der Waals surface area contributed by atoms with Crippen molar-refractivity contribution in [2.24, 2.45) is 5.73 Å². The molecule has 0 bridgehead atoms. The normalized spacial score (nSPS) is 12.7. The monoisotopic (exact) mass is 272 g/mol. The van der Waals surface area contributed by atoms with Gasteiger partial charge in [0.2, 0.25) is 0 Å². The molecular weight excluding hydrogens is 252 g/mol. The van der Waals surface area contributed by atoms with Crippen LogP contribution in [0.15, 0.2) is 52.5 Å². The van der Waals surface area contributed by atoms with Crippen molar-refractivity contribution in [3.8, 4) is 0 Å². The van der Waals surface area contributed by atoms with Gasteiger partial charge in [-0.15, -0.1) is 0 Å². The summed E-state index contributed by atoms with van der Waals surface area (Å²) in [6, 6.07) is 12.8. The predicted molar refractivity (Wildman–Crippen MR) is 81.5 cm³/mol. The van der Waals surface area contributed by atoms with E-state index in [1.54, 1.807) is 11.8 Å². The highest BCUT2D eigenvalue weighted by molar-refractivity contribution is 7.99. The lowest BCUT2D eigenvalue weighted by Gasteiger charge is -2.08. The molecule has 0 saturated carbocycles. The number of hydrogen-bond donors (Lipinski definition) is 1. The molecule has 0 saturated heterocycles. The maximum Gasteiger partial charge on any atom is 0.101 e. The Labute approximate surface area is 119 Å². The average Bonchev–Trinajstić information content (AvgIpc) is 2.40. The Morgan fingerprint density at radius 3 is 2.05 bits per heavy atom. The maximum atomic E-state index is 5.81. The average molecular weight is 272 g/mol. The third-order valence-electron chi connectivity index (χ3n) is 3.05. The standard InChI is InChI=1S/C16H20N2S/c1-11(2)13-4-7-15(8-5-13)19-16-9-6-14(10-18-16)12(3)17/h4-12H,17H2,1-3H3/t12-/m1/s1. The second-order valence-electron chi connectivity index (χ2n) is 5.04. The Kier molecular flexibility index (Phi) is 4.61. The third-order valence-corrected chi connectivity index (χ3v) is 4.01. The van der Waals surface area contributed by atoms with E-state index in [4.69, 9.17) is 5.73 Å². The summed E-state index contributed by atoms with van der Waals surface area (Å²) in [7, 11) is 0. The molecule has 100 valence electrons. The zero-order valence-electron chi connectivity index (χ0n) is 11.6. The molecule has 0 aliphatic rings. The molecule has 19 heavy (non-hydrogen) atoms. The van der Waals surface area contributed by atoms with Crippen molar-refractivity contribution < 1.29 is 0 Å². The van der Waals surface area contributed by atoms with Gasteiger partial charge in [-0.3, -0.25) is 0 Å². The van der Waals surface area contributed by atoms with Crippen LogP contribution in [0.3, 0.4) is 0 Å². The van der Waals surface area contributed by atoms with Gasteiger partial charge >= 0.3 is 0 Å². The van der Waals surface area contributed by atoms with Gasteiger partial charge in [-0.25, -0.2) is 4.98 Å². The number of pyridine rings is 1. The van der Waals surface area contributed by atoms with E-state index >= 15 is 0 Å². The number of nitrogens with two attached hydrogens (primary N) is 1. The van der Waals surface area contributed by atoms with Crippen LogP contribution < -0.4 is 5.73 Å². The number of rotatable bonds is 4. The van der Waals surface area contributed by atoms with Gasteiger partial charge in [-0.1, -0.05) is 43.8 Å². The smallest absolute Gasteiger partial charge is 0.101 e. The molecular formula is C16H20N2S. The molecule has 1 aromatic carbocycles. The lowest BCUT2D eigenvalue weighted by atomic mass is 10.0. The zero-order valence-corrected chi connectivity index (χ0v) is 12.4. The molecule has 0 radical (unpaired) electrons. The Morgan fingerprint density at radius 2 is 1.58 bits per heavy atom. The Morgan fingerprint density at radius 1 is 0.947 bits per heavy atom. The minimum Gasteiger partial charge on any atom is -0.324 e. The van der Waals surface area contributed by atoms with E-state index in [-0.39, 0.29) is 6.04 Å². The van der Waals surface area contributed by atoms with Gasteiger partial charge in [-0.05, 0) is 42.2 Å². The SMILES string of the molecule is CC(C)c1ccc(Sc2ccc([C@@H](C)N)cn2)cc1. The topological polar surface area (TPSA) is 38.9 Å². The minimum absolute atomic E-state index is 0.0388. The van der Waals surface area contributed by atoms with E-state index in [0.717, 1.165) is 10.6 Å². The molecule has 2 aromatic rings. The number of hydrogen-bond acceptors (Lipinski definition) is 3. The summed E-state index contributed by atoms with van der Waals surface area (Å²) in [6.07, 6.45) is 1.86.